The van der Waals surface area contributed by atoms with Gasteiger partial charge in [0.15, 0.2) is 34.5 Å². The summed E-state index contributed by atoms with van der Waals surface area (Å²) in [6.45, 7) is 1.83. The Balaban J connectivity index is 1.17. The van der Waals surface area contributed by atoms with E-state index in [0.717, 1.165) is 54.6 Å². The molecule has 0 saturated heterocycles. The third kappa shape index (κ3) is 5.87. The molecule has 44 heavy (non-hydrogen) atoms. The molecule has 2 aliphatic heterocycles. The van der Waals surface area contributed by atoms with Gasteiger partial charge in [0.2, 0.25) is 0 Å². The number of benzene rings is 4. The number of likely N-dealkylation sites (N-methyl/N-ethyl adjacent to an activating group) is 2. The predicted molar refractivity (Wildman–Crippen MR) is 169 cm³/mol. The van der Waals surface area contributed by atoms with Crippen LogP contribution >= 0.6 is 0 Å². The van der Waals surface area contributed by atoms with Crippen LogP contribution in [0.4, 0.5) is 0 Å². The monoisotopic (exact) mass is 596 g/mol. The molecule has 6 rings (SSSR count). The van der Waals surface area contributed by atoms with Gasteiger partial charge in [-0.15, -0.1) is 0 Å². The Kier molecular flexibility index (Phi) is 8.29. The molecule has 0 saturated carbocycles. The average Bonchev–Trinajstić information content (AvgIpc) is 3.02. The van der Waals surface area contributed by atoms with Crippen LogP contribution in [0.1, 0.15) is 45.5 Å². The van der Waals surface area contributed by atoms with E-state index in [1.54, 1.807) is 20.3 Å². The maximum atomic E-state index is 10.6. The van der Waals surface area contributed by atoms with Crippen LogP contribution in [0.3, 0.4) is 0 Å². The van der Waals surface area contributed by atoms with E-state index in [1.165, 1.54) is 11.1 Å². The zero-order valence-electron chi connectivity index (χ0n) is 25.7. The maximum absolute atomic E-state index is 10.6. The standard InChI is InChI=1S/C36H40N2O6/c1-37-13-11-24-18-34(42-3)32(40)20-27(24)29(37)15-22-5-8-26(9-6-22)44-36-17-23(7-10-31(36)39)16-30-28-21-33(41)35(43-4)19-25(28)12-14-38(30)2/h5-10,17-21,29-30,39-41H,11-16H2,1-4H3/t29?,30-/m0/s1. The molecule has 0 fully saturated rings. The lowest BCUT2D eigenvalue weighted by Crippen LogP contribution is -2.33. The lowest BCUT2D eigenvalue weighted by molar-refractivity contribution is 0.228. The molecular formula is C36H40N2O6. The van der Waals surface area contributed by atoms with E-state index in [9.17, 15) is 15.3 Å². The van der Waals surface area contributed by atoms with Gasteiger partial charge in [0.05, 0.1) is 14.2 Å². The number of methoxy groups -OCH3 is 2. The smallest absolute Gasteiger partial charge is 0.169 e. The fourth-order valence-electron chi connectivity index (χ4n) is 6.58. The SMILES string of the molecule is COc1cc2c(cc1O)C(Cc1ccc(Oc3cc(C[C@H]4c5cc(O)c(OC)cc5CCN4C)ccc3O)cc1)N(C)CC2. The highest BCUT2D eigenvalue weighted by molar-refractivity contribution is 5.51. The molecular weight excluding hydrogens is 556 g/mol. The minimum Gasteiger partial charge on any atom is -0.504 e. The van der Waals surface area contributed by atoms with Crippen LogP contribution in [0.5, 0.6) is 40.2 Å². The summed E-state index contributed by atoms with van der Waals surface area (Å²) in [4.78, 5) is 4.61. The largest absolute Gasteiger partial charge is 0.504 e. The van der Waals surface area contributed by atoms with Gasteiger partial charge < -0.3 is 29.5 Å². The Hall–Kier alpha value is -4.40. The topological polar surface area (TPSA) is 94.9 Å². The summed E-state index contributed by atoms with van der Waals surface area (Å²) in [7, 11) is 7.35. The third-order valence-electron chi connectivity index (χ3n) is 9.16. The number of rotatable bonds is 8. The normalized spacial score (nSPS) is 18.4. The summed E-state index contributed by atoms with van der Waals surface area (Å²) in [6, 6.07) is 21.2. The lowest BCUT2D eigenvalue weighted by atomic mass is 9.88. The molecule has 4 aromatic carbocycles. The van der Waals surface area contributed by atoms with Crippen molar-refractivity contribution in [3.05, 3.63) is 100 Å². The summed E-state index contributed by atoms with van der Waals surface area (Å²) in [5.41, 5.74) is 6.76. The minimum absolute atomic E-state index is 0.0679. The van der Waals surface area contributed by atoms with E-state index in [2.05, 4.69) is 36.0 Å². The average molecular weight is 597 g/mol. The van der Waals surface area contributed by atoms with Crippen molar-refractivity contribution in [3.8, 4) is 40.2 Å². The minimum atomic E-state index is 0.0679. The third-order valence-corrected chi connectivity index (χ3v) is 9.16. The number of ether oxygens (including phenoxy) is 3. The number of aromatic hydroxyl groups is 3. The van der Waals surface area contributed by atoms with Crippen LogP contribution in [-0.2, 0) is 25.7 Å². The highest BCUT2D eigenvalue weighted by Gasteiger charge is 2.28. The highest BCUT2D eigenvalue weighted by Crippen LogP contribution is 2.41. The first-order chi connectivity index (χ1) is 21.2. The molecule has 0 spiro atoms. The second-order valence-electron chi connectivity index (χ2n) is 11.9. The van der Waals surface area contributed by atoms with E-state index < -0.39 is 0 Å². The molecule has 1 unspecified atom stereocenters. The van der Waals surface area contributed by atoms with Crippen molar-refractivity contribution in [3.63, 3.8) is 0 Å². The molecule has 3 N–H and O–H groups in total. The Morgan fingerprint density at radius 1 is 0.614 bits per heavy atom. The van der Waals surface area contributed by atoms with E-state index in [-0.39, 0.29) is 29.3 Å². The van der Waals surface area contributed by atoms with Crippen molar-refractivity contribution >= 4 is 0 Å². The van der Waals surface area contributed by atoms with Gasteiger partial charge in [0, 0.05) is 25.2 Å². The van der Waals surface area contributed by atoms with Crippen molar-refractivity contribution in [1.29, 1.82) is 0 Å². The summed E-state index contributed by atoms with van der Waals surface area (Å²) >= 11 is 0. The molecule has 0 bridgehead atoms. The molecule has 8 heteroatoms. The molecule has 0 amide bonds. The Morgan fingerprint density at radius 3 is 1.64 bits per heavy atom. The molecule has 2 aliphatic rings. The fourth-order valence-corrected chi connectivity index (χ4v) is 6.58. The quantitative estimate of drug-likeness (QED) is 0.223. The van der Waals surface area contributed by atoms with Crippen molar-refractivity contribution in [2.75, 3.05) is 41.4 Å². The second kappa shape index (κ2) is 12.3. The summed E-state index contributed by atoms with van der Waals surface area (Å²) in [5, 5.41) is 31.5. The van der Waals surface area contributed by atoms with Gasteiger partial charge in [-0.3, -0.25) is 9.80 Å². The van der Waals surface area contributed by atoms with Crippen LogP contribution < -0.4 is 14.2 Å². The summed E-state index contributed by atoms with van der Waals surface area (Å²) < 4.78 is 16.8. The zero-order valence-corrected chi connectivity index (χ0v) is 25.7. The van der Waals surface area contributed by atoms with E-state index >= 15 is 0 Å². The number of fused-ring (bicyclic) bond motifs is 2. The fraction of sp³-hybridized carbons (Fsp3) is 0.333. The van der Waals surface area contributed by atoms with Gasteiger partial charge in [-0.05, 0) is 122 Å². The lowest BCUT2D eigenvalue weighted by Gasteiger charge is -2.35. The summed E-state index contributed by atoms with van der Waals surface area (Å²) in [6.07, 6.45) is 3.28. The van der Waals surface area contributed by atoms with Crippen LogP contribution in [0.2, 0.25) is 0 Å². The molecule has 4 aromatic rings. The number of phenols is 3. The molecule has 0 aliphatic carbocycles. The zero-order chi connectivity index (χ0) is 31.0. The first-order valence-electron chi connectivity index (χ1n) is 15.0. The molecule has 0 radical (unpaired) electrons. The van der Waals surface area contributed by atoms with Crippen molar-refractivity contribution in [2.45, 2.75) is 37.8 Å². The number of hydrogen-bond donors (Lipinski definition) is 3. The Bertz CT molecular complexity index is 1650. The number of nitrogens with zero attached hydrogens (tertiary/aromatic N) is 2. The van der Waals surface area contributed by atoms with Crippen LogP contribution in [-0.4, -0.2) is 66.5 Å². The van der Waals surface area contributed by atoms with Gasteiger partial charge >= 0.3 is 0 Å². The van der Waals surface area contributed by atoms with Gasteiger partial charge in [-0.1, -0.05) is 18.2 Å². The van der Waals surface area contributed by atoms with Crippen molar-refractivity contribution in [1.82, 2.24) is 9.80 Å². The van der Waals surface area contributed by atoms with Crippen LogP contribution in [0.25, 0.3) is 0 Å². The van der Waals surface area contributed by atoms with E-state index in [1.807, 2.05) is 48.5 Å². The highest BCUT2D eigenvalue weighted by atomic mass is 16.5. The Morgan fingerprint density at radius 2 is 1.11 bits per heavy atom. The van der Waals surface area contributed by atoms with Gasteiger partial charge in [-0.25, -0.2) is 0 Å². The first-order valence-corrected chi connectivity index (χ1v) is 15.0. The molecule has 8 nitrogen and oxygen atoms in total. The van der Waals surface area contributed by atoms with Crippen molar-refractivity contribution < 1.29 is 29.5 Å². The van der Waals surface area contributed by atoms with Gasteiger partial charge in [0.25, 0.3) is 0 Å². The number of phenolic OH excluding ortho intramolecular Hbond substituents is 3. The summed E-state index contributed by atoms with van der Waals surface area (Å²) in [5.74, 6) is 2.42. The van der Waals surface area contributed by atoms with Crippen LogP contribution in [0, 0.1) is 0 Å². The molecule has 0 aromatic heterocycles. The van der Waals surface area contributed by atoms with Crippen LogP contribution in [0.15, 0.2) is 66.7 Å². The molecule has 230 valence electrons. The van der Waals surface area contributed by atoms with Gasteiger partial charge in [0.1, 0.15) is 5.75 Å². The Labute approximate surface area is 258 Å². The van der Waals surface area contributed by atoms with E-state index in [4.69, 9.17) is 14.2 Å². The second-order valence-corrected chi connectivity index (χ2v) is 11.9. The van der Waals surface area contributed by atoms with E-state index in [0.29, 0.717) is 29.4 Å². The number of hydrogen-bond acceptors (Lipinski definition) is 8. The first kappa shape index (κ1) is 29.7. The van der Waals surface area contributed by atoms with Gasteiger partial charge in [-0.2, -0.15) is 0 Å². The predicted octanol–water partition coefficient (Wildman–Crippen LogP) is 6.16. The maximum Gasteiger partial charge on any atom is 0.169 e. The van der Waals surface area contributed by atoms with Crippen molar-refractivity contribution in [2.24, 2.45) is 0 Å². The molecule has 2 heterocycles. The molecule has 2 atom stereocenters.